The van der Waals surface area contributed by atoms with Crippen LogP contribution in [-0.2, 0) is 24.2 Å². The summed E-state index contributed by atoms with van der Waals surface area (Å²) < 4.78 is 5.85. The lowest BCUT2D eigenvalue weighted by atomic mass is 10.1. The highest BCUT2D eigenvalue weighted by Crippen LogP contribution is 2.26. The first-order chi connectivity index (χ1) is 12.7. The maximum atomic E-state index is 12.7. The molecule has 4 rings (SSSR count). The Morgan fingerprint density at radius 2 is 2.08 bits per heavy atom. The third-order valence-electron chi connectivity index (χ3n) is 4.47. The number of nitrogens with zero attached hydrogens (tertiary/aromatic N) is 4. The molecular weight excluding hydrogens is 330 g/mol. The van der Waals surface area contributed by atoms with Crippen molar-refractivity contribution in [2.75, 3.05) is 6.54 Å². The van der Waals surface area contributed by atoms with Gasteiger partial charge in [0.25, 0.3) is 0 Å². The first-order valence-electron chi connectivity index (χ1n) is 8.53. The number of nitrogens with two attached hydrogens (primary N) is 1. The highest BCUT2D eigenvalue weighted by molar-refractivity contribution is 5.82. The summed E-state index contributed by atoms with van der Waals surface area (Å²) in [6.45, 7) is 1.000. The van der Waals surface area contributed by atoms with Crippen molar-refractivity contribution in [1.29, 1.82) is 0 Å². The maximum absolute atomic E-state index is 12.7. The fourth-order valence-electron chi connectivity index (χ4n) is 3.09. The van der Waals surface area contributed by atoms with Gasteiger partial charge in [-0.05, 0) is 36.2 Å². The Bertz CT molecular complexity index is 895. The van der Waals surface area contributed by atoms with E-state index in [1.165, 1.54) is 0 Å². The minimum absolute atomic E-state index is 0.0709. The molecule has 132 valence electrons. The molecule has 26 heavy (non-hydrogen) atoms. The second-order valence-corrected chi connectivity index (χ2v) is 6.31. The molecule has 0 saturated heterocycles. The van der Waals surface area contributed by atoms with Crippen LogP contribution in [0.3, 0.4) is 0 Å². The van der Waals surface area contributed by atoms with Gasteiger partial charge in [0.1, 0.15) is 11.5 Å². The quantitative estimate of drug-likeness (QED) is 0.768. The van der Waals surface area contributed by atoms with Crippen LogP contribution >= 0.6 is 0 Å². The second kappa shape index (κ2) is 7.05. The Morgan fingerprint density at radius 1 is 1.23 bits per heavy atom. The molecule has 1 aliphatic heterocycles. The highest BCUT2D eigenvalue weighted by atomic mass is 16.4. The zero-order valence-electron chi connectivity index (χ0n) is 14.2. The van der Waals surface area contributed by atoms with E-state index >= 15 is 0 Å². The summed E-state index contributed by atoms with van der Waals surface area (Å²) in [6, 6.07) is 6.91. The van der Waals surface area contributed by atoms with E-state index in [1.54, 1.807) is 29.7 Å². The number of hydrogen-bond acceptors (Lipinski definition) is 6. The molecular formula is C19H19N5O2. The number of aromatic nitrogens is 3. The van der Waals surface area contributed by atoms with Crippen molar-refractivity contribution in [3.05, 3.63) is 66.1 Å². The van der Waals surface area contributed by atoms with Crippen LogP contribution in [0.4, 0.5) is 0 Å². The Hall–Kier alpha value is -3.06. The van der Waals surface area contributed by atoms with Crippen LogP contribution in [0.2, 0.25) is 0 Å². The van der Waals surface area contributed by atoms with E-state index < -0.39 is 6.04 Å². The molecule has 0 aliphatic carbocycles. The fraction of sp³-hybridized carbons (Fsp3) is 0.263. The van der Waals surface area contributed by atoms with Crippen LogP contribution in [0.1, 0.15) is 17.0 Å². The highest BCUT2D eigenvalue weighted by Gasteiger charge is 2.28. The molecule has 0 saturated carbocycles. The Balaban J connectivity index is 1.46. The summed E-state index contributed by atoms with van der Waals surface area (Å²) in [5, 5.41) is 0. The minimum Gasteiger partial charge on any atom is -0.441 e. The molecule has 0 radical (unpaired) electrons. The van der Waals surface area contributed by atoms with Gasteiger partial charge in [0, 0.05) is 37.8 Å². The largest absolute Gasteiger partial charge is 0.441 e. The zero-order valence-corrected chi connectivity index (χ0v) is 14.2. The van der Waals surface area contributed by atoms with Gasteiger partial charge in [0.2, 0.25) is 11.8 Å². The van der Waals surface area contributed by atoms with Gasteiger partial charge in [-0.25, -0.2) is 4.98 Å². The first-order valence-corrected chi connectivity index (χ1v) is 8.53. The maximum Gasteiger partial charge on any atom is 0.240 e. The van der Waals surface area contributed by atoms with E-state index in [9.17, 15) is 4.79 Å². The average Bonchev–Trinajstić information content (AvgIpc) is 3.12. The molecule has 1 amide bonds. The smallest absolute Gasteiger partial charge is 0.240 e. The number of hydrogen-bond donors (Lipinski definition) is 1. The third-order valence-corrected chi connectivity index (χ3v) is 4.47. The lowest BCUT2D eigenvalue weighted by molar-refractivity contribution is -0.133. The Morgan fingerprint density at radius 3 is 2.85 bits per heavy atom. The van der Waals surface area contributed by atoms with Crippen molar-refractivity contribution >= 4 is 5.91 Å². The van der Waals surface area contributed by atoms with E-state index in [-0.39, 0.29) is 5.91 Å². The van der Waals surface area contributed by atoms with Crippen LogP contribution in [0.25, 0.3) is 11.5 Å². The van der Waals surface area contributed by atoms with E-state index in [0.717, 1.165) is 22.6 Å². The van der Waals surface area contributed by atoms with E-state index in [2.05, 4.69) is 15.0 Å². The van der Waals surface area contributed by atoms with Crippen LogP contribution in [0.15, 0.2) is 53.5 Å². The van der Waals surface area contributed by atoms with Crippen molar-refractivity contribution < 1.29 is 9.21 Å². The molecule has 0 unspecified atom stereocenters. The summed E-state index contributed by atoms with van der Waals surface area (Å²) in [5.74, 6) is 1.30. The predicted octanol–water partition coefficient (Wildman–Crippen LogP) is 1.59. The summed E-state index contributed by atoms with van der Waals surface area (Å²) in [6.07, 6.45) is 7.95. The van der Waals surface area contributed by atoms with Gasteiger partial charge in [-0.1, -0.05) is 0 Å². The first kappa shape index (κ1) is 16.4. The van der Waals surface area contributed by atoms with Gasteiger partial charge in [-0.2, -0.15) is 0 Å². The number of pyridine rings is 2. The normalized spacial score (nSPS) is 14.7. The van der Waals surface area contributed by atoms with Gasteiger partial charge >= 0.3 is 0 Å². The lowest BCUT2D eigenvalue weighted by Crippen LogP contribution is -2.46. The standard InChI is InChI=1S/C19H19N5O2/c20-15(10-13-3-7-21-8-4-13)19(25)24-9-5-17-16(12-24)23-18(26-17)14-2-1-6-22-11-14/h1-4,6-8,11,15H,5,9-10,12,20H2/t15-/m1/s1. The van der Waals surface area contributed by atoms with E-state index in [0.29, 0.717) is 31.8 Å². The Labute approximate surface area is 150 Å². The van der Waals surface area contributed by atoms with Crippen molar-refractivity contribution in [3.8, 4) is 11.5 Å². The molecule has 1 aliphatic rings. The summed E-state index contributed by atoms with van der Waals surface area (Å²) in [5.41, 5.74) is 8.75. The monoisotopic (exact) mass is 349 g/mol. The van der Waals surface area contributed by atoms with E-state index in [1.807, 2.05) is 24.3 Å². The summed E-state index contributed by atoms with van der Waals surface area (Å²) in [7, 11) is 0. The topological polar surface area (TPSA) is 98.1 Å². The van der Waals surface area contributed by atoms with Gasteiger partial charge in [-0.15, -0.1) is 0 Å². The summed E-state index contributed by atoms with van der Waals surface area (Å²) in [4.78, 5) is 27.1. The molecule has 0 fully saturated rings. The lowest BCUT2D eigenvalue weighted by Gasteiger charge is -2.28. The number of oxazole rings is 1. The van der Waals surface area contributed by atoms with Crippen molar-refractivity contribution in [2.24, 2.45) is 5.73 Å². The molecule has 7 nitrogen and oxygen atoms in total. The third kappa shape index (κ3) is 3.34. The average molecular weight is 349 g/mol. The van der Waals surface area contributed by atoms with Crippen molar-refractivity contribution in [3.63, 3.8) is 0 Å². The van der Waals surface area contributed by atoms with Gasteiger partial charge in [-0.3, -0.25) is 14.8 Å². The van der Waals surface area contributed by atoms with Gasteiger partial charge in [0.15, 0.2) is 0 Å². The SMILES string of the molecule is N[C@H](Cc1ccncc1)C(=O)N1CCc2oc(-c3cccnc3)nc2C1. The Kier molecular flexibility index (Phi) is 4.45. The molecule has 3 aromatic heterocycles. The number of rotatable bonds is 4. The molecule has 7 heteroatoms. The molecule has 1 atom stereocenters. The van der Waals surface area contributed by atoms with Crippen LogP contribution in [-0.4, -0.2) is 38.3 Å². The second-order valence-electron chi connectivity index (χ2n) is 6.31. The zero-order chi connectivity index (χ0) is 17.9. The van der Waals surface area contributed by atoms with Crippen molar-refractivity contribution in [2.45, 2.75) is 25.4 Å². The molecule has 2 N–H and O–H groups in total. The molecule has 4 heterocycles. The molecule has 0 bridgehead atoms. The summed E-state index contributed by atoms with van der Waals surface area (Å²) >= 11 is 0. The predicted molar refractivity (Wildman–Crippen MR) is 94.8 cm³/mol. The minimum atomic E-state index is -0.580. The molecule has 0 aromatic carbocycles. The number of carbonyl (C=O) groups is 1. The number of fused-ring (bicyclic) bond motifs is 1. The number of amides is 1. The van der Waals surface area contributed by atoms with Crippen molar-refractivity contribution in [1.82, 2.24) is 19.9 Å². The van der Waals surface area contributed by atoms with E-state index in [4.69, 9.17) is 10.2 Å². The van der Waals surface area contributed by atoms with Crippen LogP contribution in [0.5, 0.6) is 0 Å². The number of carbonyl (C=O) groups excluding carboxylic acids is 1. The molecule has 3 aromatic rings. The van der Waals surface area contributed by atoms with Crippen LogP contribution < -0.4 is 5.73 Å². The van der Waals surface area contributed by atoms with Gasteiger partial charge in [0.05, 0.1) is 18.2 Å². The molecule has 0 spiro atoms. The van der Waals surface area contributed by atoms with Crippen LogP contribution in [0, 0.1) is 0 Å². The fourth-order valence-corrected chi connectivity index (χ4v) is 3.09. The van der Waals surface area contributed by atoms with Gasteiger partial charge < -0.3 is 15.1 Å².